The molecule has 0 aromatic heterocycles. The molecule has 1 aliphatic carbocycles. The summed E-state index contributed by atoms with van der Waals surface area (Å²) < 4.78 is 40.5. The predicted octanol–water partition coefficient (Wildman–Crippen LogP) is 7.59. The van der Waals surface area contributed by atoms with E-state index in [-0.39, 0.29) is 16.4 Å². The van der Waals surface area contributed by atoms with Crippen molar-refractivity contribution in [2.75, 3.05) is 18.9 Å². The number of anilines is 1. The number of nitrogens with zero attached hydrogens (tertiary/aromatic N) is 2. The van der Waals surface area contributed by atoms with Gasteiger partial charge in [-0.15, -0.1) is 0 Å². The number of methoxy groups -OCH3 is 2. The number of benzene rings is 4. The number of hydrogen-bond acceptors (Lipinski definition) is 6. The zero-order valence-corrected chi connectivity index (χ0v) is 26.4. The van der Waals surface area contributed by atoms with E-state index in [1.54, 1.807) is 50.6 Å². The molecule has 230 valence electrons. The van der Waals surface area contributed by atoms with Gasteiger partial charge in [0.2, 0.25) is 0 Å². The molecular weight excluding hydrogens is 610 g/mol. The lowest BCUT2D eigenvalue weighted by Gasteiger charge is -2.30. The maximum Gasteiger partial charge on any atom is 0.274 e. The van der Waals surface area contributed by atoms with E-state index in [0.29, 0.717) is 16.5 Å². The largest absolute Gasteiger partial charge is 0.496 e. The molecule has 1 fully saturated rings. The molecule has 0 radical (unpaired) electrons. The zero-order chi connectivity index (χ0) is 31.6. The molecule has 0 saturated heterocycles. The van der Waals surface area contributed by atoms with Gasteiger partial charge in [-0.1, -0.05) is 54.1 Å². The van der Waals surface area contributed by atoms with Crippen molar-refractivity contribution in [2.24, 2.45) is 11.0 Å². The Hall–Kier alpha value is -4.60. The van der Waals surface area contributed by atoms with Gasteiger partial charge in [-0.3, -0.25) is 9.52 Å². The first-order valence-corrected chi connectivity index (χ1v) is 16.4. The molecule has 1 saturated carbocycles. The molecule has 4 aromatic rings. The van der Waals surface area contributed by atoms with Gasteiger partial charge in [-0.2, -0.15) is 5.10 Å². The summed E-state index contributed by atoms with van der Waals surface area (Å²) in [4.78, 5) is 14.3. The lowest BCUT2D eigenvalue weighted by Crippen LogP contribution is -2.32. The number of carbonyl (C=O) groups is 1. The molecule has 1 N–H and O–H groups in total. The summed E-state index contributed by atoms with van der Waals surface area (Å²) in [6.45, 7) is 0. The van der Waals surface area contributed by atoms with Gasteiger partial charge in [0.1, 0.15) is 11.5 Å². The molecule has 0 bridgehead atoms. The smallest absolute Gasteiger partial charge is 0.274 e. The number of nitrogens with one attached hydrogen (secondary N) is 1. The molecule has 0 unspecified atom stereocenters. The summed E-state index contributed by atoms with van der Waals surface area (Å²) in [5.74, 6) is 0.915. The summed E-state index contributed by atoms with van der Waals surface area (Å²) in [5.41, 5.74) is 4.20. The fourth-order valence-corrected chi connectivity index (χ4v) is 7.25. The number of allylic oxidation sites excluding steroid dienone is 1. The summed E-state index contributed by atoms with van der Waals surface area (Å²) >= 11 is 5.95. The minimum Gasteiger partial charge on any atom is -0.496 e. The Bertz CT molecular complexity index is 1910. The van der Waals surface area contributed by atoms with Crippen molar-refractivity contribution in [3.05, 3.63) is 124 Å². The van der Waals surface area contributed by atoms with Crippen molar-refractivity contribution in [3.63, 3.8) is 0 Å². The second kappa shape index (κ2) is 12.8. The third-order valence-corrected chi connectivity index (χ3v) is 9.75. The molecule has 1 aliphatic heterocycles. The maximum atomic E-state index is 14.3. The molecular formula is C35H32ClN3O5S. The normalized spacial score (nSPS) is 18.7. The number of halogens is 1. The van der Waals surface area contributed by atoms with Gasteiger partial charge in [0.15, 0.2) is 0 Å². The van der Waals surface area contributed by atoms with E-state index in [1.165, 1.54) is 17.1 Å². The third kappa shape index (κ3) is 6.18. The van der Waals surface area contributed by atoms with E-state index < -0.39 is 22.0 Å². The molecule has 45 heavy (non-hydrogen) atoms. The van der Waals surface area contributed by atoms with Crippen LogP contribution in [0, 0.1) is 5.92 Å². The first kappa shape index (κ1) is 30.4. The minimum absolute atomic E-state index is 0.0434. The molecule has 8 nitrogen and oxygen atoms in total. The first-order valence-electron chi connectivity index (χ1n) is 14.6. The van der Waals surface area contributed by atoms with E-state index >= 15 is 0 Å². The van der Waals surface area contributed by atoms with Gasteiger partial charge in [0.25, 0.3) is 15.9 Å². The highest BCUT2D eigenvalue weighted by molar-refractivity contribution is 7.92. The van der Waals surface area contributed by atoms with Gasteiger partial charge < -0.3 is 9.47 Å². The van der Waals surface area contributed by atoms with Crippen LogP contribution in [0.4, 0.5) is 5.69 Å². The van der Waals surface area contributed by atoms with Gasteiger partial charge in [0.05, 0.1) is 30.9 Å². The lowest BCUT2D eigenvalue weighted by atomic mass is 9.77. The number of hydrazone groups is 1. The Kier molecular flexibility index (Phi) is 8.65. The predicted molar refractivity (Wildman–Crippen MR) is 176 cm³/mol. The van der Waals surface area contributed by atoms with Gasteiger partial charge in [0, 0.05) is 33.3 Å². The average molecular weight is 642 g/mol. The number of hydrogen-bond donors (Lipinski definition) is 1. The van der Waals surface area contributed by atoms with Crippen LogP contribution < -0.4 is 14.2 Å². The highest BCUT2D eigenvalue weighted by Gasteiger charge is 2.45. The van der Waals surface area contributed by atoms with Crippen LogP contribution in [0.3, 0.4) is 0 Å². The Balaban J connectivity index is 1.40. The Morgan fingerprint density at radius 3 is 2.40 bits per heavy atom. The first-order chi connectivity index (χ1) is 21.8. The summed E-state index contributed by atoms with van der Waals surface area (Å²) in [6, 6.07) is 27.3. The molecule has 1 amide bonds. The fraction of sp³-hybridized carbons (Fsp3) is 0.200. The van der Waals surface area contributed by atoms with Crippen molar-refractivity contribution in [2.45, 2.75) is 30.2 Å². The number of sulfonamides is 1. The number of amides is 1. The monoisotopic (exact) mass is 641 g/mol. The maximum absolute atomic E-state index is 14.3. The van der Waals surface area contributed by atoms with Gasteiger partial charge >= 0.3 is 0 Å². The SMILES string of the molecule is COc1ccccc1/C=C1\CCC[C@H]2C1=NN(C(=O)c1cccc(S(=O)(=O)Nc3ccc(Cl)cc3)c1)[C@H]2c1ccccc1OC. The van der Waals surface area contributed by atoms with Crippen LogP contribution >= 0.6 is 11.6 Å². The number of rotatable bonds is 8. The molecule has 2 atom stereocenters. The van der Waals surface area contributed by atoms with Crippen LogP contribution in [0.2, 0.25) is 5.02 Å². The van der Waals surface area contributed by atoms with Crippen molar-refractivity contribution in [1.29, 1.82) is 0 Å². The van der Waals surface area contributed by atoms with E-state index in [0.717, 1.165) is 47.4 Å². The van der Waals surface area contributed by atoms with Crippen LogP contribution in [-0.4, -0.2) is 39.3 Å². The van der Waals surface area contributed by atoms with Crippen LogP contribution in [0.25, 0.3) is 6.08 Å². The van der Waals surface area contributed by atoms with Crippen LogP contribution in [0.5, 0.6) is 11.5 Å². The fourth-order valence-electron chi connectivity index (χ4n) is 6.02. The highest BCUT2D eigenvalue weighted by atomic mass is 35.5. The standard InChI is InChI=1S/C35H32ClN3O5S/c1-43-31-15-5-3-9-23(31)21-24-10-8-14-30-33(24)37-39(34(30)29-13-4-6-16-32(29)44-2)35(40)25-11-7-12-28(22-25)45(41,42)38-27-19-17-26(36)18-20-27/h3-7,9,11-13,15-22,30,34,38H,8,10,14H2,1-2H3/b24-21+/t30-,34-/m0/s1. The van der Waals surface area contributed by atoms with E-state index in [2.05, 4.69) is 10.8 Å². The van der Waals surface area contributed by atoms with E-state index in [4.69, 9.17) is 26.2 Å². The molecule has 10 heteroatoms. The van der Waals surface area contributed by atoms with Crippen molar-refractivity contribution in [3.8, 4) is 11.5 Å². The second-order valence-corrected chi connectivity index (χ2v) is 13.0. The molecule has 1 heterocycles. The summed E-state index contributed by atoms with van der Waals surface area (Å²) in [5, 5.41) is 6.97. The summed E-state index contributed by atoms with van der Waals surface area (Å²) in [7, 11) is -0.740. The lowest BCUT2D eigenvalue weighted by molar-refractivity contribution is 0.0678. The quantitative estimate of drug-likeness (QED) is 0.214. The molecule has 6 rings (SSSR count). The number of ether oxygens (including phenoxy) is 2. The Morgan fingerprint density at radius 2 is 1.64 bits per heavy atom. The van der Waals surface area contributed by atoms with Crippen LogP contribution in [-0.2, 0) is 10.0 Å². The van der Waals surface area contributed by atoms with Gasteiger partial charge in [-0.25, -0.2) is 13.4 Å². The molecule has 0 spiro atoms. The van der Waals surface area contributed by atoms with Crippen molar-refractivity contribution in [1.82, 2.24) is 5.01 Å². The van der Waals surface area contributed by atoms with Crippen molar-refractivity contribution >= 4 is 45.0 Å². The molecule has 4 aromatic carbocycles. The topological polar surface area (TPSA) is 97.3 Å². The zero-order valence-electron chi connectivity index (χ0n) is 24.8. The summed E-state index contributed by atoms with van der Waals surface area (Å²) in [6.07, 6.45) is 4.64. The number of carbonyl (C=O) groups excluding carboxylic acids is 1. The van der Waals surface area contributed by atoms with E-state index in [1.807, 2.05) is 48.5 Å². The third-order valence-electron chi connectivity index (χ3n) is 8.12. The Labute approximate surface area is 268 Å². The molecule has 2 aliphatic rings. The second-order valence-electron chi connectivity index (χ2n) is 10.9. The van der Waals surface area contributed by atoms with Crippen LogP contribution in [0.15, 0.2) is 113 Å². The van der Waals surface area contributed by atoms with Crippen molar-refractivity contribution < 1.29 is 22.7 Å². The Morgan fingerprint density at radius 1 is 0.933 bits per heavy atom. The van der Waals surface area contributed by atoms with Crippen LogP contribution in [0.1, 0.15) is 46.8 Å². The minimum atomic E-state index is -3.99. The number of fused-ring (bicyclic) bond motifs is 1. The average Bonchev–Trinajstić information content (AvgIpc) is 3.46. The highest BCUT2D eigenvalue weighted by Crippen LogP contribution is 2.47. The van der Waals surface area contributed by atoms with E-state index in [9.17, 15) is 13.2 Å². The van der Waals surface area contributed by atoms with Gasteiger partial charge in [-0.05, 0) is 85.5 Å². The number of para-hydroxylation sites is 2.